The fraction of sp³-hybridized carbons (Fsp3) is 0. The van der Waals surface area contributed by atoms with Crippen LogP contribution in [-0.4, -0.2) is 9.97 Å². The van der Waals surface area contributed by atoms with Gasteiger partial charge >= 0.3 is 0 Å². The molecule has 3 aromatic rings. The van der Waals surface area contributed by atoms with Gasteiger partial charge in [0.2, 0.25) is 0 Å². The van der Waals surface area contributed by atoms with E-state index in [-0.39, 0.29) is 5.82 Å². The Bertz CT molecular complexity index is 669. The van der Waals surface area contributed by atoms with E-state index in [1.807, 2.05) is 24.3 Å². The van der Waals surface area contributed by atoms with Gasteiger partial charge in [0.25, 0.3) is 0 Å². The molecule has 0 aliphatic rings. The van der Waals surface area contributed by atoms with Crippen molar-refractivity contribution < 1.29 is 4.39 Å². The fourth-order valence-corrected chi connectivity index (χ4v) is 2.99. The van der Waals surface area contributed by atoms with Crippen molar-refractivity contribution in [2.45, 2.75) is 0 Å². The van der Waals surface area contributed by atoms with Gasteiger partial charge < -0.3 is 0 Å². The summed E-state index contributed by atoms with van der Waals surface area (Å²) in [5.41, 5.74) is 3.50. The van der Waals surface area contributed by atoms with Crippen LogP contribution in [0.2, 0.25) is 0 Å². The van der Waals surface area contributed by atoms with E-state index in [1.54, 1.807) is 36.9 Å². The first kappa shape index (κ1) is 13.2. The molecular formula is C16H10FIN2. The van der Waals surface area contributed by atoms with Crippen molar-refractivity contribution in [3.8, 4) is 22.3 Å². The fourth-order valence-electron chi connectivity index (χ4n) is 2.05. The van der Waals surface area contributed by atoms with Crippen LogP contribution < -0.4 is 0 Å². The highest BCUT2D eigenvalue weighted by Crippen LogP contribution is 2.33. The van der Waals surface area contributed by atoms with Crippen LogP contribution in [0.3, 0.4) is 0 Å². The Morgan fingerprint density at radius 2 is 1.35 bits per heavy atom. The van der Waals surface area contributed by atoms with Gasteiger partial charge in [-0.05, 0) is 46.9 Å². The molecule has 98 valence electrons. The molecule has 2 nitrogen and oxygen atoms in total. The van der Waals surface area contributed by atoms with Crippen LogP contribution in [0.25, 0.3) is 22.3 Å². The van der Waals surface area contributed by atoms with Crippen LogP contribution in [0.4, 0.5) is 4.39 Å². The van der Waals surface area contributed by atoms with Crippen molar-refractivity contribution in [2.75, 3.05) is 0 Å². The molecule has 0 saturated carbocycles. The first-order valence-corrected chi connectivity index (χ1v) is 7.13. The number of hydrogen-bond acceptors (Lipinski definition) is 2. The molecular weight excluding hydrogens is 366 g/mol. The second kappa shape index (κ2) is 5.66. The van der Waals surface area contributed by atoms with Gasteiger partial charge in [0.05, 0.1) is 0 Å². The van der Waals surface area contributed by atoms with E-state index in [2.05, 4.69) is 32.6 Å². The predicted octanol–water partition coefficient (Wildman–Crippen LogP) is 4.55. The van der Waals surface area contributed by atoms with E-state index in [0.717, 1.165) is 25.8 Å². The number of nitrogens with zero attached hydrogens (tertiary/aromatic N) is 2. The van der Waals surface area contributed by atoms with Crippen molar-refractivity contribution in [1.82, 2.24) is 9.97 Å². The lowest BCUT2D eigenvalue weighted by Crippen LogP contribution is -1.92. The number of benzene rings is 1. The van der Waals surface area contributed by atoms with Crippen LogP contribution >= 0.6 is 22.6 Å². The Hall–Kier alpha value is -1.82. The van der Waals surface area contributed by atoms with Crippen LogP contribution in [0.5, 0.6) is 0 Å². The number of hydrogen-bond donors (Lipinski definition) is 0. The quantitative estimate of drug-likeness (QED) is 0.613. The molecule has 0 radical (unpaired) electrons. The molecule has 0 unspecified atom stereocenters. The summed E-state index contributed by atoms with van der Waals surface area (Å²) in [5.74, 6) is -0.261. The summed E-state index contributed by atoms with van der Waals surface area (Å²) in [5, 5.41) is 0. The lowest BCUT2D eigenvalue weighted by Gasteiger charge is -2.10. The molecule has 0 atom stereocenters. The van der Waals surface area contributed by atoms with E-state index < -0.39 is 0 Å². The molecule has 0 fully saturated rings. The highest BCUT2D eigenvalue weighted by Gasteiger charge is 2.12. The number of rotatable bonds is 2. The summed E-state index contributed by atoms with van der Waals surface area (Å²) in [6.07, 6.45) is 6.89. The predicted molar refractivity (Wildman–Crippen MR) is 85.6 cm³/mol. The van der Waals surface area contributed by atoms with E-state index >= 15 is 0 Å². The normalized spacial score (nSPS) is 10.5. The molecule has 0 saturated heterocycles. The zero-order valence-corrected chi connectivity index (χ0v) is 12.6. The molecule has 4 heteroatoms. The average molecular weight is 376 g/mol. The summed E-state index contributed by atoms with van der Waals surface area (Å²) in [6.45, 7) is 0. The molecule has 2 aromatic heterocycles. The van der Waals surface area contributed by atoms with Gasteiger partial charge in [0, 0.05) is 50.6 Å². The van der Waals surface area contributed by atoms with Crippen LogP contribution in [0.15, 0.2) is 61.2 Å². The number of aromatic nitrogens is 2. The van der Waals surface area contributed by atoms with Crippen LogP contribution in [-0.2, 0) is 0 Å². The molecule has 0 aliphatic carbocycles. The van der Waals surface area contributed by atoms with Crippen LogP contribution in [0, 0.1) is 9.39 Å². The van der Waals surface area contributed by atoms with Gasteiger partial charge in [-0.1, -0.05) is 12.1 Å². The summed E-state index contributed by atoms with van der Waals surface area (Å²) in [4.78, 5) is 8.19. The van der Waals surface area contributed by atoms with Gasteiger partial charge in [-0.25, -0.2) is 4.39 Å². The van der Waals surface area contributed by atoms with E-state index in [4.69, 9.17) is 0 Å². The summed E-state index contributed by atoms with van der Waals surface area (Å²) in [6, 6.07) is 10.6. The van der Waals surface area contributed by atoms with Crippen molar-refractivity contribution in [1.29, 1.82) is 0 Å². The van der Waals surface area contributed by atoms with Crippen molar-refractivity contribution in [3.63, 3.8) is 0 Å². The third-order valence-corrected chi connectivity index (χ3v) is 4.14. The largest absolute Gasteiger partial charge is 0.264 e. The summed E-state index contributed by atoms with van der Waals surface area (Å²) in [7, 11) is 0. The lowest BCUT2D eigenvalue weighted by atomic mass is 10.0. The SMILES string of the molecule is Fc1cc(-c2cccnc2)c(I)c(-c2cccnc2)c1. The molecule has 3 rings (SSSR count). The van der Waals surface area contributed by atoms with Gasteiger partial charge in [-0.2, -0.15) is 0 Å². The second-order valence-corrected chi connectivity index (χ2v) is 5.38. The third kappa shape index (κ3) is 2.56. The molecule has 20 heavy (non-hydrogen) atoms. The zero-order chi connectivity index (χ0) is 13.9. The van der Waals surface area contributed by atoms with Gasteiger partial charge in [0.15, 0.2) is 0 Å². The Kier molecular flexibility index (Phi) is 3.73. The molecule has 0 aliphatic heterocycles. The second-order valence-electron chi connectivity index (χ2n) is 4.30. The number of pyridine rings is 2. The maximum atomic E-state index is 13.9. The van der Waals surface area contributed by atoms with Crippen molar-refractivity contribution in [3.05, 3.63) is 70.6 Å². The van der Waals surface area contributed by atoms with Crippen molar-refractivity contribution >= 4 is 22.6 Å². The number of halogens is 2. The maximum absolute atomic E-state index is 13.9. The minimum Gasteiger partial charge on any atom is -0.264 e. The highest BCUT2D eigenvalue weighted by molar-refractivity contribution is 14.1. The first-order chi connectivity index (χ1) is 9.75. The van der Waals surface area contributed by atoms with Crippen LogP contribution in [0.1, 0.15) is 0 Å². The highest BCUT2D eigenvalue weighted by atomic mass is 127. The Balaban J connectivity index is 2.22. The van der Waals surface area contributed by atoms with Gasteiger partial charge in [-0.15, -0.1) is 0 Å². The molecule has 1 aromatic carbocycles. The smallest absolute Gasteiger partial charge is 0.124 e. The topological polar surface area (TPSA) is 25.8 Å². The van der Waals surface area contributed by atoms with E-state index in [0.29, 0.717) is 0 Å². The Morgan fingerprint density at radius 3 is 1.75 bits per heavy atom. The van der Waals surface area contributed by atoms with Gasteiger partial charge in [0.1, 0.15) is 5.82 Å². The Morgan fingerprint density at radius 1 is 0.850 bits per heavy atom. The summed E-state index contributed by atoms with van der Waals surface area (Å²) >= 11 is 2.24. The standard InChI is InChI=1S/C16H10FIN2/c17-13-7-14(11-3-1-5-19-9-11)16(18)15(8-13)12-4-2-6-20-10-12/h1-10H. The lowest BCUT2D eigenvalue weighted by molar-refractivity contribution is 0.628. The molecule has 0 amide bonds. The zero-order valence-electron chi connectivity index (χ0n) is 10.4. The molecule has 0 N–H and O–H groups in total. The van der Waals surface area contributed by atoms with E-state index in [9.17, 15) is 4.39 Å². The molecule has 0 bridgehead atoms. The molecule has 0 spiro atoms. The first-order valence-electron chi connectivity index (χ1n) is 6.05. The van der Waals surface area contributed by atoms with Gasteiger partial charge in [-0.3, -0.25) is 9.97 Å². The Labute approximate surface area is 129 Å². The molecule has 2 heterocycles. The minimum atomic E-state index is -0.261. The average Bonchev–Trinajstić information content (AvgIpc) is 2.51. The third-order valence-electron chi connectivity index (χ3n) is 2.98. The maximum Gasteiger partial charge on any atom is 0.124 e. The minimum absolute atomic E-state index is 0.261. The summed E-state index contributed by atoms with van der Waals surface area (Å²) < 4.78 is 14.9. The van der Waals surface area contributed by atoms with E-state index in [1.165, 1.54) is 0 Å². The van der Waals surface area contributed by atoms with Crippen molar-refractivity contribution in [2.24, 2.45) is 0 Å². The monoisotopic (exact) mass is 376 g/mol.